The number of hydrazine groups is 1. The fraction of sp³-hybridized carbons (Fsp3) is 0.625. The first-order valence-electron chi connectivity index (χ1n) is 8.51. The van der Waals surface area contributed by atoms with Crippen LogP contribution in [0.15, 0.2) is 18.3 Å². The fourth-order valence-corrected chi connectivity index (χ4v) is 3.02. The Morgan fingerprint density at radius 1 is 1.30 bits per heavy atom. The Hall–Kier alpha value is -1.86. The van der Waals surface area contributed by atoms with Crippen LogP contribution in [0.3, 0.4) is 0 Å². The van der Waals surface area contributed by atoms with Crippen LogP contribution in [-0.4, -0.2) is 43.2 Å². The number of rotatable bonds is 5. The van der Waals surface area contributed by atoms with Gasteiger partial charge < -0.3 is 15.5 Å². The number of aromatic nitrogens is 1. The third-order valence-electron chi connectivity index (χ3n) is 4.38. The van der Waals surface area contributed by atoms with Crippen molar-refractivity contribution in [2.24, 2.45) is 0 Å². The second kappa shape index (κ2) is 8.12. The van der Waals surface area contributed by atoms with Gasteiger partial charge in [-0.25, -0.2) is 9.78 Å². The molecule has 0 aliphatic carbocycles. The van der Waals surface area contributed by atoms with Crippen molar-refractivity contribution < 1.29 is 4.79 Å². The predicted molar refractivity (Wildman–Crippen MR) is 90.1 cm³/mol. The molecule has 0 radical (unpaired) electrons. The van der Waals surface area contributed by atoms with Crippen LogP contribution < -0.4 is 26.4 Å². The van der Waals surface area contributed by atoms with Gasteiger partial charge >= 0.3 is 6.03 Å². The van der Waals surface area contributed by atoms with E-state index in [-0.39, 0.29) is 6.03 Å². The first kappa shape index (κ1) is 16.0. The van der Waals surface area contributed by atoms with Crippen LogP contribution in [0.25, 0.3) is 0 Å². The average molecular weight is 318 g/mol. The van der Waals surface area contributed by atoms with E-state index in [9.17, 15) is 4.79 Å². The molecule has 1 aromatic heterocycles. The van der Waals surface area contributed by atoms with Crippen molar-refractivity contribution in [3.05, 3.63) is 23.9 Å². The molecule has 7 nitrogen and oxygen atoms in total. The number of piperidine rings is 1. The Morgan fingerprint density at radius 2 is 2.17 bits per heavy atom. The lowest BCUT2D eigenvalue weighted by molar-refractivity contribution is 0.239. The third-order valence-corrected chi connectivity index (χ3v) is 4.38. The monoisotopic (exact) mass is 318 g/mol. The Bertz CT molecular complexity index is 511. The number of carbonyl (C=O) groups excluding carboxylic acids is 1. The van der Waals surface area contributed by atoms with Gasteiger partial charge in [0, 0.05) is 45.0 Å². The summed E-state index contributed by atoms with van der Waals surface area (Å²) in [6.45, 7) is 4.25. The molecule has 0 saturated carbocycles. The molecule has 3 heterocycles. The second-order valence-corrected chi connectivity index (χ2v) is 6.19. The van der Waals surface area contributed by atoms with E-state index in [0.717, 1.165) is 37.4 Å². The predicted octanol–water partition coefficient (Wildman–Crippen LogP) is 0.738. The van der Waals surface area contributed by atoms with E-state index in [0.29, 0.717) is 19.1 Å². The lowest BCUT2D eigenvalue weighted by Gasteiger charge is -2.27. The molecule has 2 aliphatic heterocycles. The van der Waals surface area contributed by atoms with Crippen molar-refractivity contribution in [2.45, 2.75) is 38.3 Å². The minimum Gasteiger partial charge on any atom is -0.357 e. The summed E-state index contributed by atoms with van der Waals surface area (Å²) in [5.41, 5.74) is 7.26. The smallest absolute Gasteiger partial charge is 0.315 e. The van der Waals surface area contributed by atoms with Gasteiger partial charge in [-0.05, 0) is 43.4 Å². The zero-order valence-corrected chi connectivity index (χ0v) is 13.5. The number of carbonyl (C=O) groups is 1. The second-order valence-electron chi connectivity index (χ2n) is 6.19. The molecule has 0 bridgehead atoms. The first-order chi connectivity index (χ1) is 11.3. The van der Waals surface area contributed by atoms with Crippen LogP contribution >= 0.6 is 0 Å². The van der Waals surface area contributed by atoms with Gasteiger partial charge in [0.1, 0.15) is 5.82 Å². The van der Waals surface area contributed by atoms with Crippen LogP contribution in [0.4, 0.5) is 10.6 Å². The average Bonchev–Trinajstić information content (AvgIpc) is 3.13. The highest BCUT2D eigenvalue weighted by molar-refractivity contribution is 5.73. The molecule has 2 fully saturated rings. The van der Waals surface area contributed by atoms with Gasteiger partial charge in [0.15, 0.2) is 0 Å². The molecule has 1 atom stereocenters. The summed E-state index contributed by atoms with van der Waals surface area (Å²) < 4.78 is 0. The van der Waals surface area contributed by atoms with Crippen LogP contribution in [-0.2, 0) is 6.54 Å². The summed E-state index contributed by atoms with van der Waals surface area (Å²) in [6, 6.07) is 4.21. The number of hydrogen-bond donors (Lipinski definition) is 4. The van der Waals surface area contributed by atoms with Crippen molar-refractivity contribution in [3.8, 4) is 0 Å². The van der Waals surface area contributed by atoms with E-state index in [4.69, 9.17) is 0 Å². The standard InChI is InChI=1S/C16H26N6O/c23-16(19-12-14-5-7-20-21-14)18-11-13-4-6-17-15(10-13)22-8-2-1-3-9-22/h4,6,10,14,20-21H,1-3,5,7-9,11-12H2,(H2,18,19,23). The van der Waals surface area contributed by atoms with Crippen LogP contribution in [0.5, 0.6) is 0 Å². The SMILES string of the molecule is O=C(NCc1ccnc(N2CCCCC2)c1)NCC1CCNN1. The van der Waals surface area contributed by atoms with Crippen molar-refractivity contribution >= 4 is 11.8 Å². The number of pyridine rings is 1. The van der Waals surface area contributed by atoms with E-state index in [1.54, 1.807) is 0 Å². The van der Waals surface area contributed by atoms with Crippen molar-refractivity contribution in [1.29, 1.82) is 0 Å². The molecular formula is C16H26N6O. The van der Waals surface area contributed by atoms with Gasteiger partial charge in [0.2, 0.25) is 0 Å². The highest BCUT2D eigenvalue weighted by Crippen LogP contribution is 2.18. The van der Waals surface area contributed by atoms with Crippen LogP contribution in [0.1, 0.15) is 31.2 Å². The summed E-state index contributed by atoms with van der Waals surface area (Å²) in [6.07, 6.45) is 6.63. The lowest BCUT2D eigenvalue weighted by Crippen LogP contribution is -2.43. The summed E-state index contributed by atoms with van der Waals surface area (Å²) in [5, 5.41) is 5.80. The number of anilines is 1. The Labute approximate surface area is 137 Å². The number of amides is 2. The van der Waals surface area contributed by atoms with Gasteiger partial charge in [-0.1, -0.05) is 0 Å². The van der Waals surface area contributed by atoms with E-state index in [1.807, 2.05) is 12.3 Å². The molecule has 3 rings (SSSR count). The molecule has 4 N–H and O–H groups in total. The highest BCUT2D eigenvalue weighted by atomic mass is 16.2. The topological polar surface area (TPSA) is 81.3 Å². The van der Waals surface area contributed by atoms with Gasteiger partial charge in [0.25, 0.3) is 0 Å². The number of nitrogens with one attached hydrogen (secondary N) is 4. The molecule has 2 amide bonds. The minimum absolute atomic E-state index is 0.130. The van der Waals surface area contributed by atoms with Gasteiger partial charge in [-0.15, -0.1) is 0 Å². The first-order valence-corrected chi connectivity index (χ1v) is 8.51. The van der Waals surface area contributed by atoms with Crippen molar-refractivity contribution in [1.82, 2.24) is 26.5 Å². The molecular weight excluding hydrogens is 292 g/mol. The third kappa shape index (κ3) is 4.80. The molecule has 2 saturated heterocycles. The molecule has 0 aromatic carbocycles. The van der Waals surface area contributed by atoms with E-state index in [2.05, 4.69) is 37.4 Å². The van der Waals surface area contributed by atoms with E-state index < -0.39 is 0 Å². The Balaban J connectivity index is 1.44. The highest BCUT2D eigenvalue weighted by Gasteiger charge is 2.15. The Kier molecular flexibility index (Phi) is 5.65. The molecule has 7 heteroatoms. The maximum Gasteiger partial charge on any atom is 0.315 e. The Morgan fingerprint density at radius 3 is 2.96 bits per heavy atom. The van der Waals surface area contributed by atoms with Gasteiger partial charge in [0.05, 0.1) is 0 Å². The summed E-state index contributed by atoms with van der Waals surface area (Å²) in [7, 11) is 0. The van der Waals surface area contributed by atoms with E-state index >= 15 is 0 Å². The number of hydrogen-bond acceptors (Lipinski definition) is 5. The molecule has 1 unspecified atom stereocenters. The van der Waals surface area contributed by atoms with Crippen molar-refractivity contribution in [3.63, 3.8) is 0 Å². The zero-order chi connectivity index (χ0) is 15.9. The fourth-order valence-electron chi connectivity index (χ4n) is 3.02. The summed E-state index contributed by atoms with van der Waals surface area (Å²) in [5.74, 6) is 1.02. The van der Waals surface area contributed by atoms with E-state index in [1.165, 1.54) is 19.3 Å². The summed E-state index contributed by atoms with van der Waals surface area (Å²) in [4.78, 5) is 18.6. The van der Waals surface area contributed by atoms with Gasteiger partial charge in [-0.3, -0.25) is 10.9 Å². The molecule has 126 valence electrons. The quantitative estimate of drug-likeness (QED) is 0.644. The number of nitrogens with zero attached hydrogens (tertiary/aromatic N) is 2. The minimum atomic E-state index is -0.130. The molecule has 2 aliphatic rings. The normalized spacial score (nSPS) is 21.2. The maximum absolute atomic E-state index is 11.9. The maximum atomic E-state index is 11.9. The molecule has 1 aromatic rings. The van der Waals surface area contributed by atoms with Gasteiger partial charge in [-0.2, -0.15) is 0 Å². The van der Waals surface area contributed by atoms with Crippen LogP contribution in [0.2, 0.25) is 0 Å². The zero-order valence-electron chi connectivity index (χ0n) is 13.5. The van der Waals surface area contributed by atoms with Crippen molar-refractivity contribution in [2.75, 3.05) is 31.1 Å². The summed E-state index contributed by atoms with van der Waals surface area (Å²) >= 11 is 0. The molecule has 0 spiro atoms. The number of urea groups is 1. The molecule has 23 heavy (non-hydrogen) atoms. The lowest BCUT2D eigenvalue weighted by atomic mass is 10.1. The largest absolute Gasteiger partial charge is 0.357 e. The van der Waals surface area contributed by atoms with Crippen LogP contribution in [0, 0.1) is 0 Å².